The van der Waals surface area contributed by atoms with E-state index in [1.54, 1.807) is 0 Å². The van der Waals surface area contributed by atoms with Gasteiger partial charge in [0.05, 0.1) is 11.0 Å². The lowest BCUT2D eigenvalue weighted by molar-refractivity contribution is -0.117. The van der Waals surface area contributed by atoms with Gasteiger partial charge in [0.2, 0.25) is 5.91 Å². The first kappa shape index (κ1) is 19.7. The Morgan fingerprint density at radius 2 is 1.79 bits per heavy atom. The summed E-state index contributed by atoms with van der Waals surface area (Å²) in [6.07, 6.45) is 5.43. The van der Waals surface area contributed by atoms with Crippen LogP contribution < -0.4 is 4.90 Å². The summed E-state index contributed by atoms with van der Waals surface area (Å²) in [6.45, 7) is 8.10. The van der Waals surface area contributed by atoms with E-state index in [2.05, 4.69) is 61.7 Å². The summed E-state index contributed by atoms with van der Waals surface area (Å²) in [6, 6.07) is 14.7. The average molecular weight is 390 g/mol. The van der Waals surface area contributed by atoms with Crippen molar-refractivity contribution in [1.82, 2.24) is 9.55 Å². The fourth-order valence-corrected chi connectivity index (χ4v) is 4.57. The van der Waals surface area contributed by atoms with Gasteiger partial charge in [-0.05, 0) is 55.7 Å². The molecule has 1 aromatic heterocycles. The number of hydrogen-bond acceptors (Lipinski definition) is 2. The highest BCUT2D eigenvalue weighted by atomic mass is 16.2. The third-order valence-electron chi connectivity index (χ3n) is 5.93. The molecule has 1 saturated heterocycles. The van der Waals surface area contributed by atoms with E-state index < -0.39 is 0 Å². The highest BCUT2D eigenvalue weighted by Gasteiger charge is 2.34. The largest absolute Gasteiger partial charge is 0.328 e. The van der Waals surface area contributed by atoms with Gasteiger partial charge >= 0.3 is 0 Å². The molecule has 2 heterocycles. The number of aromatic nitrogens is 2. The molecule has 4 rings (SSSR count). The molecule has 0 N–H and O–H groups in total. The lowest BCUT2D eigenvalue weighted by Gasteiger charge is -2.18. The smallest absolute Gasteiger partial charge is 0.227 e. The summed E-state index contributed by atoms with van der Waals surface area (Å²) in [5.41, 5.74) is 5.63. The summed E-state index contributed by atoms with van der Waals surface area (Å²) in [5.74, 6) is 1.41. The topological polar surface area (TPSA) is 38.1 Å². The summed E-state index contributed by atoms with van der Waals surface area (Å²) >= 11 is 0. The van der Waals surface area contributed by atoms with E-state index in [1.165, 1.54) is 35.9 Å². The van der Waals surface area contributed by atoms with Gasteiger partial charge in [0.1, 0.15) is 5.82 Å². The van der Waals surface area contributed by atoms with Gasteiger partial charge in [-0.2, -0.15) is 0 Å². The zero-order valence-electron chi connectivity index (χ0n) is 17.8. The lowest BCUT2D eigenvalue weighted by Crippen LogP contribution is -2.24. The Kier molecular flexibility index (Phi) is 5.70. The second kappa shape index (κ2) is 8.40. The van der Waals surface area contributed by atoms with Crippen LogP contribution in [0.4, 0.5) is 5.69 Å². The number of fused-ring (bicyclic) bond motifs is 1. The molecule has 1 unspecified atom stereocenters. The minimum atomic E-state index is 0.141. The number of benzene rings is 2. The number of carbonyl (C=O) groups is 1. The number of carbonyl (C=O) groups excluding carboxylic acids is 1. The highest BCUT2D eigenvalue weighted by molar-refractivity contribution is 5.96. The fraction of sp³-hybridized carbons (Fsp3) is 0.440. The predicted octanol–water partition coefficient (Wildman–Crippen LogP) is 5.75. The molecule has 1 atom stereocenters. The maximum absolute atomic E-state index is 12.9. The van der Waals surface area contributed by atoms with Crippen LogP contribution in [0.3, 0.4) is 0 Å². The third kappa shape index (κ3) is 4.07. The van der Waals surface area contributed by atoms with E-state index in [-0.39, 0.29) is 11.8 Å². The van der Waals surface area contributed by atoms with Crippen molar-refractivity contribution in [3.63, 3.8) is 0 Å². The van der Waals surface area contributed by atoms with Gasteiger partial charge in [-0.15, -0.1) is 0 Å². The molecule has 0 saturated carbocycles. The summed E-state index contributed by atoms with van der Waals surface area (Å²) in [4.78, 5) is 19.8. The van der Waals surface area contributed by atoms with Gasteiger partial charge in [-0.3, -0.25) is 4.79 Å². The molecule has 1 aliphatic heterocycles. The Hall–Kier alpha value is -2.62. The van der Waals surface area contributed by atoms with Gasteiger partial charge < -0.3 is 9.47 Å². The third-order valence-corrected chi connectivity index (χ3v) is 5.93. The molecule has 0 spiro atoms. The minimum Gasteiger partial charge on any atom is -0.328 e. The van der Waals surface area contributed by atoms with Gasteiger partial charge in [0.25, 0.3) is 0 Å². The number of amides is 1. The lowest BCUT2D eigenvalue weighted by atomic mass is 10.1. The first-order valence-corrected chi connectivity index (χ1v) is 10.9. The van der Waals surface area contributed by atoms with Crippen LogP contribution in [0.2, 0.25) is 0 Å². The number of unbranched alkanes of at least 4 members (excludes halogenated alkanes) is 3. The Labute approximate surface area is 173 Å². The Balaban J connectivity index is 1.63. The quantitative estimate of drug-likeness (QED) is 0.482. The molecule has 2 aromatic carbocycles. The number of para-hydroxylation sites is 2. The van der Waals surface area contributed by atoms with E-state index >= 15 is 0 Å². The van der Waals surface area contributed by atoms with Gasteiger partial charge in [-0.25, -0.2) is 4.98 Å². The number of nitrogens with zero attached hydrogens (tertiary/aromatic N) is 3. The van der Waals surface area contributed by atoms with Gasteiger partial charge in [-0.1, -0.05) is 44.4 Å². The molecule has 152 valence electrons. The van der Waals surface area contributed by atoms with Crippen LogP contribution in [-0.4, -0.2) is 22.0 Å². The molecule has 4 nitrogen and oxygen atoms in total. The minimum absolute atomic E-state index is 0.141. The van der Waals surface area contributed by atoms with Crippen LogP contribution in [-0.2, 0) is 11.3 Å². The predicted molar refractivity (Wildman–Crippen MR) is 120 cm³/mol. The summed E-state index contributed by atoms with van der Waals surface area (Å²) in [5, 5.41) is 0. The zero-order valence-corrected chi connectivity index (χ0v) is 17.8. The summed E-state index contributed by atoms with van der Waals surface area (Å²) < 4.78 is 2.37. The molecule has 0 bridgehead atoms. The molecule has 29 heavy (non-hydrogen) atoms. The molecular formula is C25H31N3O. The van der Waals surface area contributed by atoms with E-state index in [4.69, 9.17) is 4.98 Å². The Morgan fingerprint density at radius 3 is 2.55 bits per heavy atom. The second-order valence-electron chi connectivity index (χ2n) is 8.42. The first-order valence-electron chi connectivity index (χ1n) is 10.9. The molecule has 1 amide bonds. The highest BCUT2D eigenvalue weighted by Crippen LogP contribution is 2.34. The first-order chi connectivity index (χ1) is 14.1. The number of rotatable bonds is 7. The van der Waals surface area contributed by atoms with Crippen LogP contribution in [0.1, 0.15) is 61.9 Å². The molecular weight excluding hydrogens is 358 g/mol. The molecule has 1 aliphatic rings. The number of anilines is 1. The van der Waals surface area contributed by atoms with E-state index in [1.807, 2.05) is 11.0 Å². The molecule has 3 aromatic rings. The van der Waals surface area contributed by atoms with Crippen LogP contribution >= 0.6 is 0 Å². The molecule has 0 aliphatic carbocycles. The Morgan fingerprint density at radius 1 is 1.03 bits per heavy atom. The van der Waals surface area contributed by atoms with Crippen molar-refractivity contribution >= 4 is 22.6 Å². The van der Waals surface area contributed by atoms with Crippen LogP contribution in [0.15, 0.2) is 42.5 Å². The SMILES string of the molecule is CCCCCCn1c(C2CC(=O)N(c3cc(C)cc(C)c3)C2)nc2ccccc21. The standard InChI is InChI=1S/C25H31N3O/c1-4-5-6-9-12-27-23-11-8-7-10-22(23)26-25(27)20-16-24(29)28(17-20)21-14-18(2)13-19(3)15-21/h7-8,10-11,13-15,20H,4-6,9,12,16-17H2,1-3H3. The van der Waals surface area contributed by atoms with E-state index in [9.17, 15) is 4.79 Å². The maximum Gasteiger partial charge on any atom is 0.227 e. The van der Waals surface area contributed by atoms with Crippen molar-refractivity contribution in [2.45, 2.75) is 65.3 Å². The number of hydrogen-bond donors (Lipinski definition) is 0. The van der Waals surface area contributed by atoms with Gasteiger partial charge in [0.15, 0.2) is 0 Å². The van der Waals surface area contributed by atoms with Crippen molar-refractivity contribution in [1.29, 1.82) is 0 Å². The van der Waals surface area contributed by atoms with Crippen molar-refractivity contribution < 1.29 is 4.79 Å². The molecule has 0 radical (unpaired) electrons. The van der Waals surface area contributed by atoms with Crippen molar-refractivity contribution in [3.8, 4) is 0 Å². The summed E-state index contributed by atoms with van der Waals surface area (Å²) in [7, 11) is 0. The van der Waals surface area contributed by atoms with Crippen molar-refractivity contribution in [2.24, 2.45) is 0 Å². The average Bonchev–Trinajstić information content (AvgIpc) is 3.25. The van der Waals surface area contributed by atoms with Crippen LogP contribution in [0.25, 0.3) is 11.0 Å². The van der Waals surface area contributed by atoms with Gasteiger partial charge in [0, 0.05) is 31.1 Å². The zero-order chi connectivity index (χ0) is 20.4. The fourth-order valence-electron chi connectivity index (χ4n) is 4.57. The van der Waals surface area contributed by atoms with Crippen LogP contribution in [0, 0.1) is 13.8 Å². The maximum atomic E-state index is 12.9. The van der Waals surface area contributed by atoms with Crippen LogP contribution in [0.5, 0.6) is 0 Å². The molecule has 1 fully saturated rings. The normalized spacial score (nSPS) is 16.9. The second-order valence-corrected chi connectivity index (χ2v) is 8.42. The Bertz CT molecular complexity index is 1000. The van der Waals surface area contributed by atoms with E-state index in [0.717, 1.165) is 30.0 Å². The van der Waals surface area contributed by atoms with E-state index in [0.29, 0.717) is 13.0 Å². The van der Waals surface area contributed by atoms with Crippen molar-refractivity contribution in [2.75, 3.05) is 11.4 Å². The van der Waals surface area contributed by atoms with Crippen molar-refractivity contribution in [3.05, 3.63) is 59.4 Å². The molecule has 4 heteroatoms. The number of imidazole rings is 1. The number of aryl methyl sites for hydroxylation is 3. The monoisotopic (exact) mass is 389 g/mol.